The third kappa shape index (κ3) is 4.84. The number of likely N-dealkylation sites (tertiary alicyclic amines) is 1. The Morgan fingerprint density at radius 1 is 1.38 bits per heavy atom. The lowest BCUT2D eigenvalue weighted by molar-refractivity contribution is 0.130. The Balaban J connectivity index is 2.23. The van der Waals surface area contributed by atoms with Crippen molar-refractivity contribution in [2.75, 3.05) is 19.6 Å². The summed E-state index contributed by atoms with van der Waals surface area (Å²) in [5.74, 6) is 0.836. The molecule has 2 heteroatoms. The van der Waals surface area contributed by atoms with Crippen LogP contribution in [0, 0.1) is 5.92 Å². The molecule has 0 aliphatic carbocycles. The second-order valence-corrected chi connectivity index (χ2v) is 5.74. The van der Waals surface area contributed by atoms with Gasteiger partial charge in [0.25, 0.3) is 0 Å². The zero-order chi connectivity index (χ0) is 12.0. The van der Waals surface area contributed by atoms with E-state index in [2.05, 4.69) is 37.9 Å². The molecule has 1 aliphatic rings. The van der Waals surface area contributed by atoms with Crippen LogP contribution in [0.1, 0.15) is 53.4 Å². The van der Waals surface area contributed by atoms with Gasteiger partial charge in [-0.25, -0.2) is 0 Å². The number of nitrogens with zero attached hydrogens (tertiary/aromatic N) is 1. The van der Waals surface area contributed by atoms with Crippen molar-refractivity contribution in [3.63, 3.8) is 0 Å². The Bertz CT molecular complexity index is 180. The van der Waals surface area contributed by atoms with Crippen LogP contribution >= 0.6 is 0 Å². The van der Waals surface area contributed by atoms with E-state index < -0.39 is 0 Å². The molecule has 1 heterocycles. The van der Waals surface area contributed by atoms with E-state index in [1.807, 2.05) is 0 Å². The van der Waals surface area contributed by atoms with Crippen molar-refractivity contribution in [2.24, 2.45) is 5.92 Å². The molecular weight excluding hydrogens is 196 g/mol. The maximum absolute atomic E-state index is 3.66. The van der Waals surface area contributed by atoms with Gasteiger partial charge in [0.15, 0.2) is 0 Å². The van der Waals surface area contributed by atoms with Gasteiger partial charge in [0.1, 0.15) is 0 Å². The molecule has 96 valence electrons. The van der Waals surface area contributed by atoms with Crippen LogP contribution < -0.4 is 5.32 Å². The Morgan fingerprint density at radius 3 is 2.69 bits per heavy atom. The highest BCUT2D eigenvalue weighted by Gasteiger charge is 2.24. The number of hydrogen-bond acceptors (Lipinski definition) is 2. The van der Waals surface area contributed by atoms with Crippen LogP contribution in [0.3, 0.4) is 0 Å². The van der Waals surface area contributed by atoms with Crippen LogP contribution in [0.2, 0.25) is 0 Å². The van der Waals surface area contributed by atoms with Gasteiger partial charge < -0.3 is 10.2 Å². The van der Waals surface area contributed by atoms with Crippen molar-refractivity contribution in [3.8, 4) is 0 Å². The fourth-order valence-electron chi connectivity index (χ4n) is 2.51. The normalized spacial score (nSPS) is 27.6. The van der Waals surface area contributed by atoms with Crippen LogP contribution in [0.15, 0.2) is 0 Å². The Kier molecular flexibility index (Phi) is 6.37. The first-order valence-corrected chi connectivity index (χ1v) is 7.11. The molecule has 1 saturated heterocycles. The quantitative estimate of drug-likeness (QED) is 0.749. The van der Waals surface area contributed by atoms with E-state index in [1.54, 1.807) is 0 Å². The highest BCUT2D eigenvalue weighted by atomic mass is 15.2. The standard InChI is InChI=1S/C14H30N2/c1-5-8-15-14-7-10-16(13(4)11-14)9-6-12(2)3/h12-15H,5-11H2,1-4H3. The Labute approximate surface area is 102 Å². The minimum atomic E-state index is 0.766. The summed E-state index contributed by atoms with van der Waals surface area (Å²) >= 11 is 0. The molecule has 1 aliphatic heterocycles. The molecule has 0 spiro atoms. The summed E-state index contributed by atoms with van der Waals surface area (Å²) in [6.07, 6.45) is 5.26. The minimum absolute atomic E-state index is 0.766. The van der Waals surface area contributed by atoms with Crippen LogP contribution in [0.25, 0.3) is 0 Å². The summed E-state index contributed by atoms with van der Waals surface area (Å²) in [6, 6.07) is 1.53. The van der Waals surface area contributed by atoms with Gasteiger partial charge in [0, 0.05) is 12.1 Å². The molecule has 0 aromatic carbocycles. The number of hydrogen-bond donors (Lipinski definition) is 1. The lowest BCUT2D eigenvalue weighted by atomic mass is 9.97. The van der Waals surface area contributed by atoms with Crippen LogP contribution in [-0.4, -0.2) is 36.6 Å². The molecule has 16 heavy (non-hydrogen) atoms. The van der Waals surface area contributed by atoms with Gasteiger partial charge in [0.2, 0.25) is 0 Å². The fourth-order valence-corrected chi connectivity index (χ4v) is 2.51. The van der Waals surface area contributed by atoms with Crippen molar-refractivity contribution in [2.45, 2.75) is 65.5 Å². The monoisotopic (exact) mass is 226 g/mol. The fraction of sp³-hybridized carbons (Fsp3) is 1.00. The SMILES string of the molecule is CCCNC1CCN(CCC(C)C)C(C)C1. The van der Waals surface area contributed by atoms with Gasteiger partial charge in [-0.15, -0.1) is 0 Å². The van der Waals surface area contributed by atoms with Crippen LogP contribution in [-0.2, 0) is 0 Å². The van der Waals surface area contributed by atoms with Crippen molar-refractivity contribution in [1.82, 2.24) is 10.2 Å². The Hall–Kier alpha value is -0.0800. The molecule has 0 aromatic heterocycles. The van der Waals surface area contributed by atoms with Gasteiger partial charge >= 0.3 is 0 Å². The molecule has 0 bridgehead atoms. The largest absolute Gasteiger partial charge is 0.314 e. The summed E-state index contributed by atoms with van der Waals surface area (Å²) in [5.41, 5.74) is 0. The smallest absolute Gasteiger partial charge is 0.00940 e. The molecule has 2 nitrogen and oxygen atoms in total. The average Bonchev–Trinajstić information content (AvgIpc) is 2.24. The minimum Gasteiger partial charge on any atom is -0.314 e. The highest BCUT2D eigenvalue weighted by Crippen LogP contribution is 2.18. The molecule has 1 fully saturated rings. The van der Waals surface area contributed by atoms with E-state index in [0.717, 1.165) is 18.0 Å². The molecule has 0 saturated carbocycles. The zero-order valence-corrected chi connectivity index (χ0v) is 11.6. The van der Waals surface area contributed by atoms with Gasteiger partial charge in [-0.1, -0.05) is 20.8 Å². The first-order chi connectivity index (χ1) is 7.63. The Morgan fingerprint density at radius 2 is 2.12 bits per heavy atom. The summed E-state index contributed by atoms with van der Waals surface area (Å²) in [5, 5.41) is 3.66. The van der Waals surface area contributed by atoms with E-state index in [-0.39, 0.29) is 0 Å². The third-order valence-corrected chi connectivity index (χ3v) is 3.69. The average molecular weight is 226 g/mol. The lowest BCUT2D eigenvalue weighted by Crippen LogP contribution is -2.47. The lowest BCUT2D eigenvalue weighted by Gasteiger charge is -2.38. The molecule has 0 amide bonds. The van der Waals surface area contributed by atoms with E-state index >= 15 is 0 Å². The second-order valence-electron chi connectivity index (χ2n) is 5.74. The predicted molar refractivity (Wildman–Crippen MR) is 71.8 cm³/mol. The van der Waals surface area contributed by atoms with Crippen molar-refractivity contribution in [1.29, 1.82) is 0 Å². The van der Waals surface area contributed by atoms with Gasteiger partial charge in [0.05, 0.1) is 0 Å². The van der Waals surface area contributed by atoms with Gasteiger partial charge in [-0.3, -0.25) is 0 Å². The highest BCUT2D eigenvalue weighted by molar-refractivity contribution is 4.82. The molecule has 2 atom stereocenters. The van der Waals surface area contributed by atoms with Crippen molar-refractivity contribution >= 4 is 0 Å². The van der Waals surface area contributed by atoms with Crippen LogP contribution in [0.4, 0.5) is 0 Å². The molecule has 1 rings (SSSR count). The van der Waals surface area contributed by atoms with Gasteiger partial charge in [-0.05, 0) is 58.2 Å². The molecule has 0 radical (unpaired) electrons. The van der Waals surface area contributed by atoms with E-state index in [9.17, 15) is 0 Å². The summed E-state index contributed by atoms with van der Waals surface area (Å²) in [4.78, 5) is 2.67. The van der Waals surface area contributed by atoms with E-state index in [1.165, 1.54) is 45.3 Å². The molecule has 0 aromatic rings. The first kappa shape index (κ1) is 14.0. The maximum atomic E-state index is 3.66. The number of rotatable bonds is 6. The number of piperidine rings is 1. The first-order valence-electron chi connectivity index (χ1n) is 7.11. The summed E-state index contributed by atoms with van der Waals surface area (Å²) in [6.45, 7) is 13.0. The van der Waals surface area contributed by atoms with Crippen molar-refractivity contribution < 1.29 is 0 Å². The summed E-state index contributed by atoms with van der Waals surface area (Å²) < 4.78 is 0. The second kappa shape index (κ2) is 7.29. The van der Waals surface area contributed by atoms with Crippen LogP contribution in [0.5, 0.6) is 0 Å². The number of nitrogens with one attached hydrogen (secondary N) is 1. The third-order valence-electron chi connectivity index (χ3n) is 3.69. The molecule has 2 unspecified atom stereocenters. The summed E-state index contributed by atoms with van der Waals surface area (Å²) in [7, 11) is 0. The maximum Gasteiger partial charge on any atom is 0.00940 e. The predicted octanol–water partition coefficient (Wildman–Crippen LogP) is 2.89. The van der Waals surface area contributed by atoms with E-state index in [0.29, 0.717) is 0 Å². The topological polar surface area (TPSA) is 15.3 Å². The van der Waals surface area contributed by atoms with Gasteiger partial charge in [-0.2, -0.15) is 0 Å². The van der Waals surface area contributed by atoms with E-state index in [4.69, 9.17) is 0 Å². The molecular formula is C14H30N2. The molecule has 1 N–H and O–H groups in total. The zero-order valence-electron chi connectivity index (χ0n) is 11.6. The van der Waals surface area contributed by atoms with Crippen molar-refractivity contribution in [3.05, 3.63) is 0 Å².